The van der Waals surface area contributed by atoms with Crippen molar-refractivity contribution in [1.82, 2.24) is 24.1 Å². The van der Waals surface area contributed by atoms with Crippen molar-refractivity contribution >= 4 is 30.5 Å². The lowest BCUT2D eigenvalue weighted by molar-refractivity contribution is 0.674. The number of hydrogen-bond acceptors (Lipinski definition) is 3. The maximum Gasteiger partial charge on any atom is 0.137 e. The van der Waals surface area contributed by atoms with Gasteiger partial charge >= 0.3 is 0 Å². The second kappa shape index (κ2) is 5.65. The molecule has 0 saturated carbocycles. The highest BCUT2D eigenvalue weighted by atomic mass is 35.5. The molecule has 5 nitrogen and oxygen atoms in total. The highest BCUT2D eigenvalue weighted by Crippen LogP contribution is 2.05. The van der Waals surface area contributed by atoms with Crippen molar-refractivity contribution in [3.05, 3.63) is 48.9 Å². The molecule has 0 aliphatic heterocycles. The summed E-state index contributed by atoms with van der Waals surface area (Å²) in [4.78, 5) is 8.35. The van der Waals surface area contributed by atoms with E-state index in [1.54, 1.807) is 11.0 Å². The Morgan fingerprint density at radius 1 is 1.18 bits per heavy atom. The zero-order valence-electron chi connectivity index (χ0n) is 8.80. The van der Waals surface area contributed by atoms with E-state index >= 15 is 0 Å². The molecule has 3 aromatic rings. The fraction of sp³-hybridized carbons (Fsp3) is 0.100. The van der Waals surface area contributed by atoms with Crippen molar-refractivity contribution in [2.24, 2.45) is 0 Å². The second-order valence-corrected chi connectivity index (χ2v) is 3.29. The summed E-state index contributed by atoms with van der Waals surface area (Å²) >= 11 is 0. The topological polar surface area (TPSA) is 48.0 Å². The molecular formula is C10H11Cl2N5. The highest BCUT2D eigenvalue weighted by Gasteiger charge is 2.01. The van der Waals surface area contributed by atoms with Gasteiger partial charge in [-0.25, -0.2) is 14.6 Å². The molecule has 17 heavy (non-hydrogen) atoms. The van der Waals surface area contributed by atoms with E-state index in [9.17, 15) is 0 Å². The summed E-state index contributed by atoms with van der Waals surface area (Å²) in [6.07, 6.45) is 7.18. The van der Waals surface area contributed by atoms with Crippen LogP contribution in [0.3, 0.4) is 0 Å². The van der Waals surface area contributed by atoms with Gasteiger partial charge in [-0.05, 0) is 12.1 Å². The van der Waals surface area contributed by atoms with Crippen LogP contribution in [0.1, 0.15) is 5.69 Å². The number of nitrogens with zero attached hydrogens (tertiary/aromatic N) is 5. The molecular weight excluding hydrogens is 261 g/mol. The summed E-state index contributed by atoms with van der Waals surface area (Å²) < 4.78 is 3.74. The Morgan fingerprint density at radius 3 is 2.76 bits per heavy atom. The maximum atomic E-state index is 4.46. The first-order valence-corrected chi connectivity index (χ1v) is 4.67. The Bertz CT molecular complexity index is 542. The molecule has 0 fully saturated rings. The zero-order valence-corrected chi connectivity index (χ0v) is 10.4. The van der Waals surface area contributed by atoms with Crippen LogP contribution < -0.4 is 0 Å². The quantitative estimate of drug-likeness (QED) is 0.715. The van der Waals surface area contributed by atoms with Crippen LogP contribution in [0.25, 0.3) is 5.65 Å². The molecule has 0 amide bonds. The number of fused-ring (bicyclic) bond motifs is 1. The molecule has 0 aliphatic carbocycles. The van der Waals surface area contributed by atoms with Crippen molar-refractivity contribution in [3.8, 4) is 0 Å². The summed E-state index contributed by atoms with van der Waals surface area (Å²) in [5, 5.41) is 4.04. The van der Waals surface area contributed by atoms with Gasteiger partial charge in [-0.1, -0.05) is 6.07 Å². The molecule has 0 unspecified atom stereocenters. The number of halogens is 2. The molecule has 0 aromatic carbocycles. The molecule has 3 heterocycles. The highest BCUT2D eigenvalue weighted by molar-refractivity contribution is 5.85. The molecule has 0 saturated heterocycles. The van der Waals surface area contributed by atoms with E-state index in [4.69, 9.17) is 0 Å². The van der Waals surface area contributed by atoms with Gasteiger partial charge in [0.15, 0.2) is 0 Å². The van der Waals surface area contributed by atoms with Gasteiger partial charge in [-0.3, -0.25) is 0 Å². The Balaban J connectivity index is 0.000000722. The largest absolute Gasteiger partial charge is 0.307 e. The van der Waals surface area contributed by atoms with Crippen molar-refractivity contribution < 1.29 is 0 Å². The Labute approximate surface area is 110 Å². The lowest BCUT2D eigenvalue weighted by Gasteiger charge is -1.93. The van der Waals surface area contributed by atoms with Crippen LogP contribution in [-0.4, -0.2) is 24.1 Å². The monoisotopic (exact) mass is 271 g/mol. The first kappa shape index (κ1) is 13.5. The van der Waals surface area contributed by atoms with Gasteiger partial charge in [0.25, 0.3) is 0 Å². The summed E-state index contributed by atoms with van der Waals surface area (Å²) in [5.74, 6) is 0. The number of pyridine rings is 1. The minimum atomic E-state index is 0. The summed E-state index contributed by atoms with van der Waals surface area (Å²) in [6.45, 7) is 0.654. The number of rotatable bonds is 2. The number of imidazole rings is 1. The third-order valence-corrected chi connectivity index (χ3v) is 2.20. The van der Waals surface area contributed by atoms with E-state index in [1.807, 2.05) is 35.0 Å². The van der Waals surface area contributed by atoms with Gasteiger partial charge in [0.2, 0.25) is 0 Å². The lowest BCUT2D eigenvalue weighted by atomic mass is 10.5. The van der Waals surface area contributed by atoms with Gasteiger partial charge in [0.05, 0.1) is 12.2 Å². The van der Waals surface area contributed by atoms with Crippen LogP contribution in [0, 0.1) is 0 Å². The van der Waals surface area contributed by atoms with Crippen molar-refractivity contribution in [1.29, 1.82) is 0 Å². The summed E-state index contributed by atoms with van der Waals surface area (Å²) in [5.41, 5.74) is 1.93. The van der Waals surface area contributed by atoms with Gasteiger partial charge in [0, 0.05) is 12.4 Å². The van der Waals surface area contributed by atoms with E-state index in [0.717, 1.165) is 11.3 Å². The lowest BCUT2D eigenvalue weighted by Crippen LogP contribution is -1.99. The molecule has 0 aliphatic rings. The second-order valence-electron chi connectivity index (χ2n) is 3.29. The fourth-order valence-corrected chi connectivity index (χ4v) is 1.54. The minimum absolute atomic E-state index is 0. The van der Waals surface area contributed by atoms with Crippen LogP contribution in [0.5, 0.6) is 0 Å². The molecule has 7 heteroatoms. The number of aromatic nitrogens is 5. The maximum absolute atomic E-state index is 4.46. The van der Waals surface area contributed by atoms with Crippen LogP contribution in [0.15, 0.2) is 43.2 Å². The SMILES string of the molecule is Cl.Cl.c1ccn2cc(Cn3cncn3)nc2c1. The van der Waals surface area contributed by atoms with Gasteiger partial charge in [-0.15, -0.1) is 24.8 Å². The third-order valence-electron chi connectivity index (χ3n) is 2.20. The van der Waals surface area contributed by atoms with Gasteiger partial charge in [-0.2, -0.15) is 5.10 Å². The van der Waals surface area contributed by atoms with Gasteiger partial charge in [0.1, 0.15) is 18.3 Å². The molecule has 0 spiro atoms. The van der Waals surface area contributed by atoms with Gasteiger partial charge < -0.3 is 4.40 Å². The normalized spacial score (nSPS) is 9.65. The molecule has 0 radical (unpaired) electrons. The number of hydrogen-bond donors (Lipinski definition) is 0. The Morgan fingerprint density at radius 2 is 2.06 bits per heavy atom. The average molecular weight is 272 g/mol. The van der Waals surface area contributed by atoms with Crippen molar-refractivity contribution in [3.63, 3.8) is 0 Å². The Hall–Kier alpha value is -1.59. The molecule has 0 N–H and O–H groups in total. The standard InChI is InChI=1S/C10H9N5.2ClH/c1-2-4-14-5-9(13-10(14)3-1)6-15-8-11-7-12-15;;/h1-5,7-8H,6H2;2*1H. The summed E-state index contributed by atoms with van der Waals surface area (Å²) in [7, 11) is 0. The van der Waals surface area contributed by atoms with E-state index in [2.05, 4.69) is 15.1 Å². The Kier molecular flexibility index (Phi) is 4.48. The van der Waals surface area contributed by atoms with Crippen LogP contribution in [-0.2, 0) is 6.54 Å². The first-order chi connectivity index (χ1) is 7.42. The van der Waals surface area contributed by atoms with E-state index < -0.39 is 0 Å². The molecule has 3 aromatic heterocycles. The molecule has 3 rings (SSSR count). The van der Waals surface area contributed by atoms with Crippen molar-refractivity contribution in [2.45, 2.75) is 6.54 Å². The predicted molar refractivity (Wildman–Crippen MR) is 68.8 cm³/mol. The van der Waals surface area contributed by atoms with Crippen LogP contribution in [0.2, 0.25) is 0 Å². The molecule has 90 valence electrons. The first-order valence-electron chi connectivity index (χ1n) is 4.67. The average Bonchev–Trinajstić information content (AvgIpc) is 2.86. The smallest absolute Gasteiger partial charge is 0.137 e. The predicted octanol–water partition coefficient (Wildman–Crippen LogP) is 1.82. The van der Waals surface area contributed by atoms with E-state index in [1.165, 1.54) is 6.33 Å². The summed E-state index contributed by atoms with van der Waals surface area (Å²) in [6, 6.07) is 5.93. The minimum Gasteiger partial charge on any atom is -0.307 e. The van der Waals surface area contributed by atoms with Crippen LogP contribution in [0.4, 0.5) is 0 Å². The van der Waals surface area contributed by atoms with Crippen LogP contribution >= 0.6 is 24.8 Å². The zero-order chi connectivity index (χ0) is 10.1. The fourth-order valence-electron chi connectivity index (χ4n) is 1.54. The van der Waals surface area contributed by atoms with Crippen molar-refractivity contribution in [2.75, 3.05) is 0 Å². The molecule has 0 bridgehead atoms. The third kappa shape index (κ3) is 2.75. The van der Waals surface area contributed by atoms with E-state index in [0.29, 0.717) is 6.54 Å². The molecule has 0 atom stereocenters. The van der Waals surface area contributed by atoms with E-state index in [-0.39, 0.29) is 24.8 Å².